The van der Waals surface area contributed by atoms with E-state index in [4.69, 9.17) is 4.52 Å². The van der Waals surface area contributed by atoms with E-state index in [1.165, 1.54) is 24.3 Å². The second-order valence-electron chi connectivity index (χ2n) is 5.58. The van der Waals surface area contributed by atoms with Crippen LogP contribution in [-0.4, -0.2) is 20.1 Å². The van der Waals surface area contributed by atoms with Gasteiger partial charge in [-0.3, -0.25) is 0 Å². The van der Waals surface area contributed by atoms with Gasteiger partial charge in [-0.1, -0.05) is 47.6 Å². The quantitative estimate of drug-likeness (QED) is 0.703. The van der Waals surface area contributed by atoms with Gasteiger partial charge >= 0.3 is 0 Å². The summed E-state index contributed by atoms with van der Waals surface area (Å²) < 4.78 is 44.8. The minimum atomic E-state index is -3.49. The number of nitrogens with zero attached hydrogens (tertiary/aromatic N) is 1. The van der Waals surface area contributed by atoms with Crippen LogP contribution in [0.5, 0.6) is 0 Å². The summed E-state index contributed by atoms with van der Waals surface area (Å²) in [4.78, 5) is 0. The van der Waals surface area contributed by atoms with E-state index < -0.39 is 15.8 Å². The van der Waals surface area contributed by atoms with Crippen molar-refractivity contribution in [2.24, 2.45) is 0 Å². The molecule has 1 heterocycles. The molecule has 25 heavy (non-hydrogen) atoms. The number of aromatic nitrogens is 1. The maximum Gasteiger partial charge on any atom is 0.215 e. The maximum atomic E-state index is 12.9. The van der Waals surface area contributed by atoms with Gasteiger partial charge in [0.15, 0.2) is 5.76 Å². The molecule has 3 rings (SSSR count). The van der Waals surface area contributed by atoms with Crippen molar-refractivity contribution in [3.05, 3.63) is 77.7 Å². The van der Waals surface area contributed by atoms with Gasteiger partial charge in [-0.05, 0) is 17.7 Å². The van der Waals surface area contributed by atoms with Crippen LogP contribution in [0.4, 0.5) is 4.39 Å². The van der Waals surface area contributed by atoms with Gasteiger partial charge in [0.2, 0.25) is 10.0 Å². The molecule has 3 aromatic rings. The number of sulfonamides is 1. The highest BCUT2D eigenvalue weighted by Crippen LogP contribution is 2.19. The van der Waals surface area contributed by atoms with E-state index in [-0.39, 0.29) is 12.3 Å². The van der Waals surface area contributed by atoms with Gasteiger partial charge in [0.1, 0.15) is 5.82 Å². The molecule has 0 aliphatic carbocycles. The predicted octanol–water partition coefficient (Wildman–Crippen LogP) is 3.14. The van der Waals surface area contributed by atoms with Crippen LogP contribution in [0, 0.1) is 5.82 Å². The van der Waals surface area contributed by atoms with Crippen LogP contribution >= 0.6 is 0 Å². The Labute approximate surface area is 145 Å². The third-order valence-electron chi connectivity index (χ3n) is 3.59. The molecule has 0 radical (unpaired) electrons. The van der Waals surface area contributed by atoms with E-state index >= 15 is 0 Å². The molecule has 2 aromatic carbocycles. The van der Waals surface area contributed by atoms with Crippen LogP contribution < -0.4 is 4.72 Å². The molecule has 0 fully saturated rings. The van der Waals surface area contributed by atoms with Crippen LogP contribution in [0.25, 0.3) is 11.3 Å². The van der Waals surface area contributed by atoms with Crippen molar-refractivity contribution >= 4 is 10.0 Å². The zero-order valence-electron chi connectivity index (χ0n) is 13.4. The van der Waals surface area contributed by atoms with Crippen LogP contribution in [0.3, 0.4) is 0 Å². The fraction of sp³-hybridized carbons (Fsp3) is 0.167. The van der Waals surface area contributed by atoms with Crippen molar-refractivity contribution in [1.29, 1.82) is 0 Å². The molecule has 0 aliphatic heterocycles. The van der Waals surface area contributed by atoms with Gasteiger partial charge in [0, 0.05) is 24.6 Å². The molecule has 0 unspecified atom stereocenters. The highest BCUT2D eigenvalue weighted by atomic mass is 32.2. The summed E-state index contributed by atoms with van der Waals surface area (Å²) in [7, 11) is -3.49. The lowest BCUT2D eigenvalue weighted by Gasteiger charge is -2.05. The van der Waals surface area contributed by atoms with E-state index in [1.54, 1.807) is 6.07 Å². The Morgan fingerprint density at radius 2 is 1.76 bits per heavy atom. The van der Waals surface area contributed by atoms with Gasteiger partial charge in [-0.15, -0.1) is 0 Å². The lowest BCUT2D eigenvalue weighted by molar-refractivity contribution is 0.423. The summed E-state index contributed by atoms with van der Waals surface area (Å²) >= 11 is 0. The monoisotopic (exact) mass is 360 g/mol. The largest absolute Gasteiger partial charge is 0.356 e. The smallest absolute Gasteiger partial charge is 0.215 e. The number of hydrogen-bond acceptors (Lipinski definition) is 4. The van der Waals surface area contributed by atoms with Gasteiger partial charge in [0.05, 0.1) is 11.4 Å². The SMILES string of the molecule is O=S(=O)(Cc1ccc(F)cc1)NCCc1cc(-c2ccccc2)on1. The molecule has 1 N–H and O–H groups in total. The van der Waals surface area contributed by atoms with Crippen LogP contribution in [-0.2, 0) is 22.2 Å². The van der Waals surface area contributed by atoms with Crippen molar-refractivity contribution in [2.75, 3.05) is 6.54 Å². The Kier molecular flexibility index (Phi) is 5.25. The van der Waals surface area contributed by atoms with E-state index in [9.17, 15) is 12.8 Å². The minimum absolute atomic E-state index is 0.193. The molecule has 1 aromatic heterocycles. The molecule has 0 bridgehead atoms. The number of nitrogens with one attached hydrogen (secondary N) is 1. The van der Waals surface area contributed by atoms with Crippen molar-refractivity contribution in [3.63, 3.8) is 0 Å². The first-order valence-electron chi connectivity index (χ1n) is 7.75. The normalized spacial score (nSPS) is 11.6. The van der Waals surface area contributed by atoms with Crippen molar-refractivity contribution < 1.29 is 17.3 Å². The van der Waals surface area contributed by atoms with Crippen molar-refractivity contribution in [3.8, 4) is 11.3 Å². The highest BCUT2D eigenvalue weighted by molar-refractivity contribution is 7.88. The molecule has 0 amide bonds. The van der Waals surface area contributed by atoms with Crippen molar-refractivity contribution in [1.82, 2.24) is 9.88 Å². The van der Waals surface area contributed by atoms with Gasteiger partial charge in [-0.25, -0.2) is 17.5 Å². The number of hydrogen-bond donors (Lipinski definition) is 1. The molecule has 5 nitrogen and oxygen atoms in total. The lowest BCUT2D eigenvalue weighted by Crippen LogP contribution is -2.27. The van der Waals surface area contributed by atoms with E-state index in [2.05, 4.69) is 9.88 Å². The molecule has 0 aliphatic rings. The summed E-state index contributed by atoms with van der Waals surface area (Å²) in [6.45, 7) is 0.213. The Morgan fingerprint density at radius 1 is 1.04 bits per heavy atom. The van der Waals surface area contributed by atoms with Crippen LogP contribution in [0.15, 0.2) is 65.2 Å². The average molecular weight is 360 g/mol. The summed E-state index contributed by atoms with van der Waals surface area (Å²) in [6.07, 6.45) is 0.416. The zero-order chi connectivity index (χ0) is 17.7. The van der Waals surface area contributed by atoms with Crippen LogP contribution in [0.2, 0.25) is 0 Å². The summed E-state index contributed by atoms with van der Waals surface area (Å²) in [5.41, 5.74) is 2.11. The first-order valence-corrected chi connectivity index (χ1v) is 9.40. The molecule has 0 spiro atoms. The Morgan fingerprint density at radius 3 is 2.48 bits per heavy atom. The number of halogens is 1. The van der Waals surface area contributed by atoms with E-state index in [1.807, 2.05) is 30.3 Å². The van der Waals surface area contributed by atoms with Gasteiger partial charge in [0.25, 0.3) is 0 Å². The first kappa shape index (κ1) is 17.3. The molecule has 0 atom stereocenters. The molecular formula is C18H17FN2O3S. The minimum Gasteiger partial charge on any atom is -0.356 e. The number of rotatable bonds is 7. The van der Waals surface area contributed by atoms with E-state index in [0.29, 0.717) is 23.4 Å². The van der Waals surface area contributed by atoms with Gasteiger partial charge < -0.3 is 4.52 Å². The van der Waals surface area contributed by atoms with Crippen molar-refractivity contribution in [2.45, 2.75) is 12.2 Å². The third kappa shape index (κ3) is 4.98. The molecule has 130 valence electrons. The molecule has 0 saturated heterocycles. The Bertz CT molecular complexity index is 922. The summed E-state index contributed by atoms with van der Waals surface area (Å²) in [5, 5.41) is 3.95. The summed E-state index contributed by atoms with van der Waals surface area (Å²) in [6, 6.07) is 16.7. The highest BCUT2D eigenvalue weighted by Gasteiger charge is 2.12. The average Bonchev–Trinajstić information content (AvgIpc) is 3.06. The van der Waals surface area contributed by atoms with Gasteiger partial charge in [-0.2, -0.15) is 0 Å². The predicted molar refractivity (Wildman–Crippen MR) is 92.7 cm³/mol. The first-order chi connectivity index (χ1) is 12.0. The fourth-order valence-electron chi connectivity index (χ4n) is 2.35. The second kappa shape index (κ2) is 7.58. The van der Waals surface area contributed by atoms with Crippen LogP contribution in [0.1, 0.15) is 11.3 Å². The number of benzene rings is 2. The topological polar surface area (TPSA) is 72.2 Å². The zero-order valence-corrected chi connectivity index (χ0v) is 14.2. The molecular weight excluding hydrogens is 343 g/mol. The lowest BCUT2D eigenvalue weighted by atomic mass is 10.1. The maximum absolute atomic E-state index is 12.9. The standard InChI is InChI=1S/C18H17FN2O3S/c19-16-8-6-14(7-9-16)13-25(22,23)20-11-10-17-12-18(24-21-17)15-4-2-1-3-5-15/h1-9,12,20H,10-11,13H2. The second-order valence-corrected chi connectivity index (χ2v) is 7.39. The third-order valence-corrected chi connectivity index (χ3v) is 4.95. The molecule has 0 saturated carbocycles. The Hall–Kier alpha value is -2.51. The summed E-state index contributed by atoms with van der Waals surface area (Å²) in [5.74, 6) is 0.0561. The van der Waals surface area contributed by atoms with E-state index in [0.717, 1.165) is 5.56 Å². The Balaban J connectivity index is 1.54. The fourth-order valence-corrected chi connectivity index (χ4v) is 3.50. The molecule has 7 heteroatoms.